The Labute approximate surface area is 121 Å². The van der Waals surface area contributed by atoms with Crippen molar-refractivity contribution in [2.45, 2.75) is 20.3 Å². The van der Waals surface area contributed by atoms with E-state index >= 15 is 0 Å². The Morgan fingerprint density at radius 2 is 1.90 bits per heavy atom. The molecule has 0 aromatic heterocycles. The molecule has 0 spiro atoms. The number of carbonyl (C=O) groups is 2. The second-order valence-electron chi connectivity index (χ2n) is 5.67. The van der Waals surface area contributed by atoms with Gasteiger partial charge in [-0.1, -0.05) is 6.92 Å². The lowest BCUT2D eigenvalue weighted by molar-refractivity contribution is -0.143. The molecule has 0 aliphatic carbocycles. The molecule has 1 aromatic rings. The molecule has 0 saturated carbocycles. The van der Waals surface area contributed by atoms with E-state index in [2.05, 4.69) is 0 Å². The van der Waals surface area contributed by atoms with Crippen LogP contribution in [0.4, 0.5) is 8.78 Å². The second-order valence-corrected chi connectivity index (χ2v) is 5.67. The van der Waals surface area contributed by atoms with Crippen molar-refractivity contribution in [2.75, 3.05) is 13.1 Å². The van der Waals surface area contributed by atoms with E-state index < -0.39 is 29.4 Å². The average molecular weight is 297 g/mol. The Kier molecular flexibility index (Phi) is 4.25. The van der Waals surface area contributed by atoms with Crippen LogP contribution in [-0.4, -0.2) is 35.0 Å². The van der Waals surface area contributed by atoms with Crippen LogP contribution in [0, 0.1) is 30.4 Å². The number of aryl methyl sites for hydroxylation is 1. The zero-order valence-electron chi connectivity index (χ0n) is 11.9. The van der Waals surface area contributed by atoms with Crippen molar-refractivity contribution in [3.8, 4) is 0 Å². The van der Waals surface area contributed by atoms with Gasteiger partial charge in [-0.05, 0) is 30.9 Å². The molecule has 2 unspecified atom stereocenters. The molecule has 2 atom stereocenters. The first-order valence-corrected chi connectivity index (χ1v) is 6.77. The Bertz CT molecular complexity index is 589. The van der Waals surface area contributed by atoms with E-state index in [1.165, 1.54) is 17.9 Å². The first-order chi connectivity index (χ1) is 9.79. The number of likely N-dealkylation sites (tertiary alicyclic amines) is 1. The van der Waals surface area contributed by atoms with Crippen LogP contribution in [0.15, 0.2) is 12.1 Å². The van der Waals surface area contributed by atoms with Crippen LogP contribution in [0.25, 0.3) is 0 Å². The summed E-state index contributed by atoms with van der Waals surface area (Å²) in [6, 6.07) is 1.85. The molecule has 1 heterocycles. The van der Waals surface area contributed by atoms with Gasteiger partial charge in [0.2, 0.25) is 0 Å². The quantitative estimate of drug-likeness (QED) is 0.912. The van der Waals surface area contributed by atoms with E-state index in [4.69, 9.17) is 5.11 Å². The Morgan fingerprint density at radius 1 is 1.24 bits per heavy atom. The van der Waals surface area contributed by atoms with E-state index in [9.17, 15) is 18.4 Å². The molecule has 1 aliphatic heterocycles. The molecule has 21 heavy (non-hydrogen) atoms. The SMILES string of the molecule is Cc1cc(C(=O)N2CC(C)CC(C(=O)O)C2)c(F)cc1F. The summed E-state index contributed by atoms with van der Waals surface area (Å²) in [5, 5.41) is 9.10. The summed E-state index contributed by atoms with van der Waals surface area (Å²) < 4.78 is 27.0. The highest BCUT2D eigenvalue weighted by atomic mass is 19.1. The lowest BCUT2D eigenvalue weighted by Gasteiger charge is -2.34. The summed E-state index contributed by atoms with van der Waals surface area (Å²) >= 11 is 0. The number of piperidine rings is 1. The number of aliphatic carboxylic acids is 1. The molecule has 0 radical (unpaired) electrons. The fourth-order valence-corrected chi connectivity index (χ4v) is 2.69. The number of nitrogens with zero attached hydrogens (tertiary/aromatic N) is 1. The highest BCUT2D eigenvalue weighted by Crippen LogP contribution is 2.24. The molecule has 2 rings (SSSR count). The number of amides is 1. The van der Waals surface area contributed by atoms with Gasteiger partial charge < -0.3 is 10.0 Å². The fourth-order valence-electron chi connectivity index (χ4n) is 2.69. The fraction of sp³-hybridized carbons (Fsp3) is 0.467. The van der Waals surface area contributed by atoms with Crippen molar-refractivity contribution >= 4 is 11.9 Å². The Balaban J connectivity index is 2.27. The van der Waals surface area contributed by atoms with Gasteiger partial charge in [-0.15, -0.1) is 0 Å². The van der Waals surface area contributed by atoms with Crippen LogP contribution in [-0.2, 0) is 4.79 Å². The molecule has 1 N–H and O–H groups in total. The zero-order valence-corrected chi connectivity index (χ0v) is 11.9. The predicted octanol–water partition coefficient (Wildman–Crippen LogP) is 2.46. The third kappa shape index (κ3) is 3.20. The molecular formula is C15H17F2NO3. The molecule has 1 fully saturated rings. The normalized spacial score (nSPS) is 22.2. The summed E-state index contributed by atoms with van der Waals surface area (Å²) in [4.78, 5) is 24.8. The summed E-state index contributed by atoms with van der Waals surface area (Å²) in [5.74, 6) is -3.81. The van der Waals surface area contributed by atoms with Crippen LogP contribution in [0.3, 0.4) is 0 Å². The van der Waals surface area contributed by atoms with Crippen LogP contribution in [0.1, 0.15) is 29.3 Å². The topological polar surface area (TPSA) is 57.6 Å². The van der Waals surface area contributed by atoms with Gasteiger partial charge in [0.15, 0.2) is 0 Å². The summed E-state index contributed by atoms with van der Waals surface area (Å²) in [7, 11) is 0. The van der Waals surface area contributed by atoms with E-state index in [0.29, 0.717) is 19.0 Å². The molecule has 1 amide bonds. The standard InChI is InChI=1S/C15H17F2NO3/c1-8-3-10(15(20)21)7-18(6-8)14(19)11-4-9(2)12(16)5-13(11)17/h4-5,8,10H,3,6-7H2,1-2H3,(H,20,21). The van der Waals surface area contributed by atoms with Gasteiger partial charge in [-0.2, -0.15) is 0 Å². The molecule has 114 valence electrons. The van der Waals surface area contributed by atoms with Gasteiger partial charge in [0.1, 0.15) is 11.6 Å². The molecule has 4 nitrogen and oxygen atoms in total. The van der Waals surface area contributed by atoms with E-state index in [1.54, 1.807) is 0 Å². The maximum Gasteiger partial charge on any atom is 0.308 e. The highest BCUT2D eigenvalue weighted by molar-refractivity contribution is 5.95. The van der Waals surface area contributed by atoms with Crippen LogP contribution in [0.2, 0.25) is 0 Å². The second kappa shape index (κ2) is 5.79. The number of rotatable bonds is 2. The van der Waals surface area contributed by atoms with Crippen molar-refractivity contribution in [3.63, 3.8) is 0 Å². The van der Waals surface area contributed by atoms with Gasteiger partial charge >= 0.3 is 5.97 Å². The minimum Gasteiger partial charge on any atom is -0.481 e. The third-order valence-electron chi connectivity index (χ3n) is 3.77. The van der Waals surface area contributed by atoms with E-state index in [-0.39, 0.29) is 23.6 Å². The van der Waals surface area contributed by atoms with Gasteiger partial charge in [0.25, 0.3) is 5.91 Å². The number of hydrogen-bond donors (Lipinski definition) is 1. The zero-order chi connectivity index (χ0) is 15.7. The van der Waals surface area contributed by atoms with Gasteiger partial charge in [-0.3, -0.25) is 9.59 Å². The number of hydrogen-bond acceptors (Lipinski definition) is 2. The Hall–Kier alpha value is -1.98. The van der Waals surface area contributed by atoms with Crippen LogP contribution < -0.4 is 0 Å². The molecule has 6 heteroatoms. The summed E-state index contributed by atoms with van der Waals surface area (Å²) in [5.41, 5.74) is -0.0354. The monoisotopic (exact) mass is 297 g/mol. The summed E-state index contributed by atoms with van der Waals surface area (Å²) in [6.07, 6.45) is 0.490. The van der Waals surface area contributed by atoms with Crippen molar-refractivity contribution in [3.05, 3.63) is 34.9 Å². The lowest BCUT2D eigenvalue weighted by atomic mass is 9.90. The first-order valence-electron chi connectivity index (χ1n) is 6.77. The predicted molar refractivity (Wildman–Crippen MR) is 71.9 cm³/mol. The Morgan fingerprint density at radius 3 is 2.52 bits per heavy atom. The van der Waals surface area contributed by atoms with Gasteiger partial charge in [0, 0.05) is 19.2 Å². The number of carboxylic acids is 1. The average Bonchev–Trinajstić information content (AvgIpc) is 2.41. The number of halogens is 2. The minimum absolute atomic E-state index is 0.0217. The van der Waals surface area contributed by atoms with Crippen molar-refractivity contribution in [2.24, 2.45) is 11.8 Å². The van der Waals surface area contributed by atoms with Crippen LogP contribution in [0.5, 0.6) is 0 Å². The van der Waals surface area contributed by atoms with Crippen molar-refractivity contribution in [1.82, 2.24) is 4.90 Å². The largest absolute Gasteiger partial charge is 0.481 e. The molecule has 1 saturated heterocycles. The molecule has 1 aromatic carbocycles. The van der Waals surface area contributed by atoms with E-state index in [0.717, 1.165) is 0 Å². The van der Waals surface area contributed by atoms with Gasteiger partial charge in [-0.25, -0.2) is 8.78 Å². The van der Waals surface area contributed by atoms with E-state index in [1.807, 2.05) is 6.92 Å². The molecule has 1 aliphatic rings. The summed E-state index contributed by atoms with van der Waals surface area (Å²) in [6.45, 7) is 3.72. The number of benzene rings is 1. The number of carboxylic acid groups (broad SMARTS) is 1. The van der Waals surface area contributed by atoms with Crippen molar-refractivity contribution in [1.29, 1.82) is 0 Å². The van der Waals surface area contributed by atoms with Gasteiger partial charge in [0.05, 0.1) is 11.5 Å². The minimum atomic E-state index is -0.963. The smallest absolute Gasteiger partial charge is 0.308 e. The highest BCUT2D eigenvalue weighted by Gasteiger charge is 2.33. The molecular weight excluding hydrogens is 280 g/mol. The maximum atomic E-state index is 13.8. The van der Waals surface area contributed by atoms with Crippen LogP contribution >= 0.6 is 0 Å². The molecule has 0 bridgehead atoms. The van der Waals surface area contributed by atoms with Crippen molar-refractivity contribution < 1.29 is 23.5 Å². The third-order valence-corrected chi connectivity index (χ3v) is 3.77. The lowest BCUT2D eigenvalue weighted by Crippen LogP contribution is -2.45. The number of carbonyl (C=O) groups excluding carboxylic acids is 1. The first kappa shape index (κ1) is 15.4. The maximum absolute atomic E-state index is 13.8.